The summed E-state index contributed by atoms with van der Waals surface area (Å²) in [6.07, 6.45) is 0. The lowest BCUT2D eigenvalue weighted by molar-refractivity contribution is 0.0972. The van der Waals surface area contributed by atoms with Crippen LogP contribution in [0.2, 0.25) is 0 Å². The first-order valence-electron chi connectivity index (χ1n) is 7.62. The molecule has 1 saturated heterocycles. The third-order valence-corrected chi connectivity index (χ3v) is 5.07. The Morgan fingerprint density at radius 2 is 1.61 bits per heavy atom. The van der Waals surface area contributed by atoms with Crippen LogP contribution in [0.1, 0.15) is 10.4 Å². The molecule has 0 amide bonds. The zero-order chi connectivity index (χ0) is 15.8. The molecule has 0 aliphatic carbocycles. The number of imidazole rings is 1. The van der Waals surface area contributed by atoms with Crippen LogP contribution in [0.3, 0.4) is 0 Å². The molecule has 0 N–H and O–H groups in total. The van der Waals surface area contributed by atoms with Gasteiger partial charge in [-0.05, 0) is 12.1 Å². The number of para-hydroxylation sites is 2. The number of fused-ring (bicyclic) bond motifs is 1. The van der Waals surface area contributed by atoms with E-state index in [1.807, 2.05) is 54.2 Å². The summed E-state index contributed by atoms with van der Waals surface area (Å²) in [5, 5.41) is 0.525. The first kappa shape index (κ1) is 14.3. The number of hydrogen-bond acceptors (Lipinski definition) is 3. The number of ketones is 1. The van der Waals surface area contributed by atoms with Crippen molar-refractivity contribution in [3.63, 3.8) is 0 Å². The predicted octanol–water partition coefficient (Wildman–Crippen LogP) is 2.80. The number of Topliss-reactive ketones (excluding diaryl/α,β-unsaturated/α-hetero) is 1. The van der Waals surface area contributed by atoms with Gasteiger partial charge in [-0.2, -0.15) is 11.8 Å². The van der Waals surface area contributed by atoms with Crippen LogP contribution in [-0.4, -0.2) is 25.9 Å². The minimum Gasteiger partial charge on any atom is -0.292 e. The second-order valence-electron chi connectivity index (χ2n) is 5.71. The molecule has 0 saturated carbocycles. The van der Waals surface area contributed by atoms with E-state index in [9.17, 15) is 9.59 Å². The number of rotatable bonds is 5. The molecule has 1 atom stereocenters. The quantitative estimate of drug-likeness (QED) is 0.535. The lowest BCUT2D eigenvalue weighted by Crippen LogP contribution is -2.28. The number of thioether (sulfide) groups is 1. The van der Waals surface area contributed by atoms with E-state index in [0.29, 0.717) is 10.8 Å². The van der Waals surface area contributed by atoms with Gasteiger partial charge in [0, 0.05) is 23.1 Å². The average molecular weight is 324 g/mol. The van der Waals surface area contributed by atoms with Crippen LogP contribution in [0.15, 0.2) is 59.4 Å². The van der Waals surface area contributed by atoms with Crippen LogP contribution < -0.4 is 5.69 Å². The highest BCUT2D eigenvalue weighted by Crippen LogP contribution is 2.31. The molecule has 116 valence electrons. The molecule has 0 bridgehead atoms. The summed E-state index contributed by atoms with van der Waals surface area (Å²) in [6.45, 7) is 0.796. The molecular formula is C18H16N2O2S. The van der Waals surface area contributed by atoms with Gasteiger partial charge in [0.25, 0.3) is 0 Å². The van der Waals surface area contributed by atoms with E-state index in [4.69, 9.17) is 0 Å². The monoisotopic (exact) mass is 324 g/mol. The molecule has 2 aromatic carbocycles. The van der Waals surface area contributed by atoms with Gasteiger partial charge < -0.3 is 0 Å². The largest absolute Gasteiger partial charge is 0.329 e. The maximum absolute atomic E-state index is 12.8. The molecule has 23 heavy (non-hydrogen) atoms. The summed E-state index contributed by atoms with van der Waals surface area (Å²) in [4.78, 5) is 25.3. The van der Waals surface area contributed by atoms with Gasteiger partial charge in [-0.1, -0.05) is 42.5 Å². The highest BCUT2D eigenvalue weighted by molar-refractivity contribution is 8.06. The summed E-state index contributed by atoms with van der Waals surface area (Å²) in [5.74, 6) is 1.06. The van der Waals surface area contributed by atoms with Gasteiger partial charge in [0.05, 0.1) is 17.6 Å². The third kappa shape index (κ3) is 2.72. The fourth-order valence-corrected chi connectivity index (χ4v) is 3.33. The van der Waals surface area contributed by atoms with Crippen LogP contribution in [-0.2, 0) is 13.1 Å². The van der Waals surface area contributed by atoms with Gasteiger partial charge >= 0.3 is 5.69 Å². The summed E-state index contributed by atoms with van der Waals surface area (Å²) in [5.41, 5.74) is 2.27. The topological polar surface area (TPSA) is 44.0 Å². The summed E-state index contributed by atoms with van der Waals surface area (Å²) < 4.78 is 3.40. The average Bonchev–Trinajstić information content (AvgIpc) is 3.38. The fraction of sp³-hybridized carbons (Fsp3) is 0.222. The van der Waals surface area contributed by atoms with Crippen LogP contribution in [0.5, 0.6) is 0 Å². The second-order valence-corrected chi connectivity index (χ2v) is 7.05. The van der Waals surface area contributed by atoms with Gasteiger partial charge in [0.2, 0.25) is 0 Å². The summed E-state index contributed by atoms with van der Waals surface area (Å²) in [7, 11) is 0. The van der Waals surface area contributed by atoms with Gasteiger partial charge in [-0.3, -0.25) is 13.9 Å². The van der Waals surface area contributed by atoms with Crippen molar-refractivity contribution < 1.29 is 4.79 Å². The molecule has 1 fully saturated rings. The second kappa shape index (κ2) is 5.74. The van der Waals surface area contributed by atoms with Gasteiger partial charge in [-0.15, -0.1) is 0 Å². The maximum atomic E-state index is 12.8. The Morgan fingerprint density at radius 1 is 1.00 bits per heavy atom. The zero-order valence-electron chi connectivity index (χ0n) is 12.5. The van der Waals surface area contributed by atoms with Crippen molar-refractivity contribution in [2.24, 2.45) is 0 Å². The molecular weight excluding hydrogens is 308 g/mol. The van der Waals surface area contributed by atoms with Crippen LogP contribution in [0, 0.1) is 0 Å². The molecule has 1 aliphatic rings. The number of carbonyl (C=O) groups is 1. The Balaban J connectivity index is 1.76. The van der Waals surface area contributed by atoms with Crippen molar-refractivity contribution in [2.75, 3.05) is 5.75 Å². The van der Waals surface area contributed by atoms with Crippen molar-refractivity contribution >= 4 is 28.6 Å². The molecule has 0 radical (unpaired) electrons. The molecule has 0 spiro atoms. The SMILES string of the molecule is O=C(Cn1c(=O)n(CC2CS2)c2ccccc21)c1ccccc1. The third-order valence-electron chi connectivity index (χ3n) is 4.11. The van der Waals surface area contributed by atoms with Crippen molar-refractivity contribution in [3.05, 3.63) is 70.6 Å². The number of nitrogens with zero attached hydrogens (tertiary/aromatic N) is 2. The van der Waals surface area contributed by atoms with Crippen LogP contribution in [0.4, 0.5) is 0 Å². The van der Waals surface area contributed by atoms with E-state index >= 15 is 0 Å². The van der Waals surface area contributed by atoms with Crippen molar-refractivity contribution in [1.29, 1.82) is 0 Å². The summed E-state index contributed by atoms with van der Waals surface area (Å²) >= 11 is 1.86. The van der Waals surface area contributed by atoms with E-state index in [2.05, 4.69) is 0 Å². The highest BCUT2D eigenvalue weighted by atomic mass is 32.2. The summed E-state index contributed by atoms with van der Waals surface area (Å²) in [6, 6.07) is 16.8. The number of benzene rings is 2. The van der Waals surface area contributed by atoms with Crippen LogP contribution in [0.25, 0.3) is 11.0 Å². The van der Waals surface area contributed by atoms with Crippen molar-refractivity contribution in [1.82, 2.24) is 9.13 Å². The Bertz CT molecular complexity index is 923. The van der Waals surface area contributed by atoms with Crippen LogP contribution >= 0.6 is 11.8 Å². The molecule has 3 aromatic rings. The standard InChI is InChI=1S/C18H16N2O2S/c21-17(13-6-2-1-3-7-13)11-20-16-9-5-4-8-15(16)19(18(20)22)10-14-12-23-14/h1-9,14H,10-12H2. The molecule has 5 heteroatoms. The van der Waals surface area contributed by atoms with E-state index in [0.717, 1.165) is 23.3 Å². The first-order chi connectivity index (χ1) is 11.2. The molecule has 1 aliphatic heterocycles. The zero-order valence-corrected chi connectivity index (χ0v) is 13.3. The Morgan fingerprint density at radius 3 is 2.26 bits per heavy atom. The Hall–Kier alpha value is -2.27. The first-order valence-corrected chi connectivity index (χ1v) is 8.67. The molecule has 2 heterocycles. The molecule has 4 nitrogen and oxygen atoms in total. The van der Waals surface area contributed by atoms with Gasteiger partial charge in [-0.25, -0.2) is 4.79 Å². The number of carbonyl (C=O) groups excluding carboxylic acids is 1. The molecule has 1 unspecified atom stereocenters. The molecule has 4 rings (SSSR count). The Labute approximate surface area is 137 Å². The van der Waals surface area contributed by atoms with E-state index in [1.54, 1.807) is 21.3 Å². The van der Waals surface area contributed by atoms with E-state index in [1.165, 1.54) is 0 Å². The van der Waals surface area contributed by atoms with Gasteiger partial charge in [0.15, 0.2) is 5.78 Å². The lowest BCUT2D eigenvalue weighted by atomic mass is 10.1. The minimum absolute atomic E-state index is 0.0450. The van der Waals surface area contributed by atoms with Gasteiger partial charge in [0.1, 0.15) is 0 Å². The predicted molar refractivity (Wildman–Crippen MR) is 93.2 cm³/mol. The maximum Gasteiger partial charge on any atom is 0.329 e. The number of hydrogen-bond donors (Lipinski definition) is 0. The smallest absolute Gasteiger partial charge is 0.292 e. The minimum atomic E-state index is -0.0945. The Kier molecular flexibility index (Phi) is 3.58. The molecule has 1 aromatic heterocycles. The normalized spacial score (nSPS) is 16.6. The highest BCUT2D eigenvalue weighted by Gasteiger charge is 2.25. The van der Waals surface area contributed by atoms with Crippen molar-refractivity contribution in [2.45, 2.75) is 18.3 Å². The number of aromatic nitrogens is 2. The fourth-order valence-electron chi connectivity index (χ4n) is 2.84. The van der Waals surface area contributed by atoms with E-state index in [-0.39, 0.29) is 18.0 Å². The van der Waals surface area contributed by atoms with E-state index < -0.39 is 0 Å². The lowest BCUT2D eigenvalue weighted by Gasteiger charge is -2.03. The van der Waals surface area contributed by atoms with Crippen molar-refractivity contribution in [3.8, 4) is 0 Å².